The van der Waals surface area contributed by atoms with Crippen molar-refractivity contribution in [3.05, 3.63) is 41.2 Å². The van der Waals surface area contributed by atoms with E-state index in [0.717, 1.165) is 12.8 Å². The fourth-order valence-electron chi connectivity index (χ4n) is 2.22. The van der Waals surface area contributed by atoms with Gasteiger partial charge in [0.2, 0.25) is 5.91 Å². The molecule has 0 atom stereocenters. The molecule has 1 amide bonds. The summed E-state index contributed by atoms with van der Waals surface area (Å²) in [6.45, 7) is 0. The van der Waals surface area contributed by atoms with Gasteiger partial charge in [-0.15, -0.1) is 0 Å². The number of carbonyl (C=O) groups is 1. The van der Waals surface area contributed by atoms with Gasteiger partial charge in [-0.1, -0.05) is 22.9 Å². The Hall–Kier alpha value is -2.25. The molecule has 2 heterocycles. The molecule has 24 heavy (non-hydrogen) atoms. The fourth-order valence-corrected chi connectivity index (χ4v) is 3.22. The van der Waals surface area contributed by atoms with E-state index >= 15 is 0 Å². The van der Waals surface area contributed by atoms with Gasteiger partial charge in [-0.05, 0) is 43.2 Å². The van der Waals surface area contributed by atoms with Crippen molar-refractivity contribution in [2.75, 3.05) is 10.6 Å². The number of rotatable bonds is 4. The SMILES string of the molecule is O=C(Nc1nc2ccc(Nc3ccc(Cl)cc3F)nc2s1)C1CC1. The van der Waals surface area contributed by atoms with Gasteiger partial charge in [0.25, 0.3) is 0 Å². The Bertz CT molecular complexity index is 941. The van der Waals surface area contributed by atoms with Crippen molar-refractivity contribution in [1.29, 1.82) is 0 Å². The van der Waals surface area contributed by atoms with E-state index < -0.39 is 5.82 Å². The average Bonchev–Trinajstić information content (AvgIpc) is 3.31. The largest absolute Gasteiger partial charge is 0.338 e. The fraction of sp³-hybridized carbons (Fsp3) is 0.188. The van der Waals surface area contributed by atoms with Gasteiger partial charge in [0.15, 0.2) is 5.13 Å². The van der Waals surface area contributed by atoms with Crippen LogP contribution in [0.2, 0.25) is 5.02 Å². The number of hydrogen-bond acceptors (Lipinski definition) is 5. The van der Waals surface area contributed by atoms with E-state index in [1.807, 2.05) is 0 Å². The van der Waals surface area contributed by atoms with E-state index in [-0.39, 0.29) is 17.5 Å². The zero-order valence-corrected chi connectivity index (χ0v) is 13.9. The van der Waals surface area contributed by atoms with Crippen LogP contribution in [0.5, 0.6) is 0 Å². The van der Waals surface area contributed by atoms with Crippen LogP contribution >= 0.6 is 22.9 Å². The molecule has 8 heteroatoms. The Morgan fingerprint density at radius 3 is 2.83 bits per heavy atom. The molecule has 0 unspecified atom stereocenters. The first-order chi connectivity index (χ1) is 11.6. The first kappa shape index (κ1) is 15.3. The number of nitrogens with one attached hydrogen (secondary N) is 2. The maximum Gasteiger partial charge on any atom is 0.229 e. The van der Waals surface area contributed by atoms with E-state index in [0.29, 0.717) is 26.3 Å². The number of hydrogen-bond donors (Lipinski definition) is 2. The number of fused-ring (bicyclic) bond motifs is 1. The second-order valence-electron chi connectivity index (χ2n) is 5.55. The van der Waals surface area contributed by atoms with Crippen LogP contribution in [0.1, 0.15) is 12.8 Å². The van der Waals surface area contributed by atoms with E-state index in [2.05, 4.69) is 20.6 Å². The molecule has 4 rings (SSSR count). The Morgan fingerprint density at radius 2 is 2.08 bits per heavy atom. The van der Waals surface area contributed by atoms with Crippen LogP contribution < -0.4 is 10.6 Å². The number of benzene rings is 1. The summed E-state index contributed by atoms with van der Waals surface area (Å²) >= 11 is 7.04. The molecule has 1 aromatic carbocycles. The third-order valence-corrected chi connectivity index (χ3v) is 4.74. The zero-order valence-electron chi connectivity index (χ0n) is 12.3. The van der Waals surface area contributed by atoms with Gasteiger partial charge < -0.3 is 10.6 Å². The van der Waals surface area contributed by atoms with Gasteiger partial charge in [0, 0.05) is 10.9 Å². The molecule has 1 aliphatic rings. The van der Waals surface area contributed by atoms with Crippen LogP contribution in [0.15, 0.2) is 30.3 Å². The Morgan fingerprint density at radius 1 is 1.25 bits per heavy atom. The van der Waals surface area contributed by atoms with Crippen LogP contribution in [0, 0.1) is 11.7 Å². The van der Waals surface area contributed by atoms with Crippen molar-refractivity contribution in [3.63, 3.8) is 0 Å². The number of nitrogens with zero attached hydrogens (tertiary/aromatic N) is 2. The molecule has 0 spiro atoms. The maximum absolute atomic E-state index is 13.8. The minimum absolute atomic E-state index is 0.00985. The van der Waals surface area contributed by atoms with Gasteiger partial charge in [0.05, 0.1) is 5.69 Å². The van der Waals surface area contributed by atoms with Crippen LogP contribution in [0.25, 0.3) is 10.3 Å². The molecule has 1 saturated carbocycles. The molecule has 0 saturated heterocycles. The summed E-state index contributed by atoms with van der Waals surface area (Å²) in [5.74, 6) is 0.171. The molecule has 5 nitrogen and oxygen atoms in total. The molecule has 0 bridgehead atoms. The van der Waals surface area contributed by atoms with Crippen molar-refractivity contribution in [3.8, 4) is 0 Å². The van der Waals surface area contributed by atoms with E-state index in [4.69, 9.17) is 11.6 Å². The predicted octanol–water partition coefficient (Wildman–Crippen LogP) is 4.58. The smallest absolute Gasteiger partial charge is 0.229 e. The highest BCUT2D eigenvalue weighted by molar-refractivity contribution is 7.22. The lowest BCUT2D eigenvalue weighted by molar-refractivity contribution is -0.117. The van der Waals surface area contributed by atoms with Gasteiger partial charge in [-0.2, -0.15) is 0 Å². The van der Waals surface area contributed by atoms with Crippen LogP contribution in [0.4, 0.5) is 21.0 Å². The quantitative estimate of drug-likeness (QED) is 0.713. The lowest BCUT2D eigenvalue weighted by Crippen LogP contribution is -2.12. The summed E-state index contributed by atoms with van der Waals surface area (Å²) in [6.07, 6.45) is 1.88. The van der Waals surface area contributed by atoms with Crippen molar-refractivity contribution < 1.29 is 9.18 Å². The summed E-state index contributed by atoms with van der Waals surface area (Å²) in [5, 5.41) is 6.59. The topological polar surface area (TPSA) is 66.9 Å². The highest BCUT2D eigenvalue weighted by Crippen LogP contribution is 2.32. The Labute approximate surface area is 145 Å². The number of aromatic nitrogens is 2. The lowest BCUT2D eigenvalue weighted by Gasteiger charge is -2.06. The van der Waals surface area contributed by atoms with E-state index in [1.54, 1.807) is 24.3 Å². The molecule has 0 radical (unpaired) electrons. The van der Waals surface area contributed by atoms with E-state index in [9.17, 15) is 9.18 Å². The second kappa shape index (κ2) is 5.99. The number of amides is 1. The van der Waals surface area contributed by atoms with E-state index in [1.165, 1.54) is 17.4 Å². The highest BCUT2D eigenvalue weighted by atomic mass is 35.5. The summed E-state index contributed by atoms with van der Waals surface area (Å²) in [7, 11) is 0. The standard InChI is InChI=1S/C16H12ClFN4OS/c17-9-3-4-11(10(18)7-9)19-13-6-5-12-15(21-13)24-16(20-12)22-14(23)8-1-2-8/h3-8H,1-2H2,(H,19,21)(H,20,22,23). The minimum Gasteiger partial charge on any atom is -0.338 e. The van der Waals surface area contributed by atoms with Gasteiger partial charge in [0.1, 0.15) is 22.0 Å². The summed E-state index contributed by atoms with van der Waals surface area (Å²) in [4.78, 5) is 21.2. The average molecular weight is 363 g/mol. The summed E-state index contributed by atoms with van der Waals surface area (Å²) in [6, 6.07) is 7.88. The summed E-state index contributed by atoms with van der Waals surface area (Å²) in [5.41, 5.74) is 0.978. The molecule has 0 aliphatic heterocycles. The highest BCUT2D eigenvalue weighted by Gasteiger charge is 2.30. The maximum atomic E-state index is 13.8. The molecule has 1 aliphatic carbocycles. The molecule has 122 valence electrons. The first-order valence-corrected chi connectivity index (χ1v) is 8.58. The first-order valence-electron chi connectivity index (χ1n) is 7.39. The van der Waals surface area contributed by atoms with Gasteiger partial charge >= 0.3 is 0 Å². The molecule has 1 fully saturated rings. The number of thiazole rings is 1. The van der Waals surface area contributed by atoms with Gasteiger partial charge in [-0.3, -0.25) is 4.79 Å². The van der Waals surface area contributed by atoms with Crippen LogP contribution in [-0.2, 0) is 4.79 Å². The minimum atomic E-state index is -0.453. The van der Waals surface area contributed by atoms with Gasteiger partial charge in [-0.25, -0.2) is 14.4 Å². The predicted molar refractivity (Wildman–Crippen MR) is 93.5 cm³/mol. The zero-order chi connectivity index (χ0) is 16.7. The normalized spacial score (nSPS) is 13.9. The van der Waals surface area contributed by atoms with Crippen molar-refractivity contribution in [1.82, 2.24) is 9.97 Å². The number of carbonyl (C=O) groups excluding carboxylic acids is 1. The van der Waals surface area contributed by atoms with Crippen molar-refractivity contribution >= 4 is 55.8 Å². The number of pyridine rings is 1. The second-order valence-corrected chi connectivity index (χ2v) is 6.97. The third-order valence-electron chi connectivity index (χ3n) is 3.63. The lowest BCUT2D eigenvalue weighted by atomic mass is 10.3. The Balaban J connectivity index is 1.57. The van der Waals surface area contributed by atoms with Crippen LogP contribution in [-0.4, -0.2) is 15.9 Å². The molecule has 3 aromatic rings. The Kier molecular flexibility index (Phi) is 3.82. The third kappa shape index (κ3) is 3.18. The molecular formula is C16H12ClFN4OS. The number of anilines is 3. The monoisotopic (exact) mass is 362 g/mol. The number of halogens is 2. The van der Waals surface area contributed by atoms with Crippen molar-refractivity contribution in [2.45, 2.75) is 12.8 Å². The van der Waals surface area contributed by atoms with Crippen molar-refractivity contribution in [2.24, 2.45) is 5.92 Å². The molecule has 2 aromatic heterocycles. The molecular weight excluding hydrogens is 351 g/mol. The van der Waals surface area contributed by atoms with Crippen LogP contribution in [0.3, 0.4) is 0 Å². The summed E-state index contributed by atoms with van der Waals surface area (Å²) < 4.78 is 13.8. The molecule has 2 N–H and O–H groups in total.